The summed E-state index contributed by atoms with van der Waals surface area (Å²) in [5.41, 5.74) is 39.8. The monoisotopic (exact) mass is 1000 g/mol. The van der Waals surface area contributed by atoms with Crippen LogP contribution in [0, 0.1) is 0 Å². The molecule has 0 aliphatic carbocycles. The fourth-order valence-corrected chi connectivity index (χ4v) is 7.06. The van der Waals surface area contributed by atoms with Crippen molar-refractivity contribution < 1.29 is 58.5 Å². The maximum Gasteiger partial charge on any atom is 0.326 e. The van der Waals surface area contributed by atoms with Gasteiger partial charge in [-0.3, -0.25) is 38.4 Å². The van der Waals surface area contributed by atoms with Crippen LogP contribution in [0.1, 0.15) is 129 Å². The average Bonchev–Trinajstić information content (AvgIpc) is 3.31. The molecule has 0 spiro atoms. The molecule has 9 atom stereocenters. The number of rotatable bonds is 42. The predicted molar refractivity (Wildman–Crippen MR) is 260 cm³/mol. The van der Waals surface area contributed by atoms with Crippen LogP contribution in [0.15, 0.2) is 0 Å². The Labute approximate surface area is 410 Å². The summed E-state index contributed by atoms with van der Waals surface area (Å²) in [5, 5.41) is 47.0. The molecule has 0 saturated carbocycles. The van der Waals surface area contributed by atoms with Gasteiger partial charge in [-0.25, -0.2) is 4.79 Å². The van der Waals surface area contributed by atoms with Crippen LogP contribution in [-0.4, -0.2) is 162 Å². The standard InChI is InChI=1S/C44H86N14O12/c1-27(59)36(51)43(68)58-34(26-35(60)61)42(67)56-31(17-5-11-23-48)40(65)54-29(15-3-9-21-46)38(63)52-28(14-2-8-20-45)37(62)53-30(16-4-10-22-47)39(64)55-32(18-6-12-24-49)41(66)57-33(44(69)70)19-7-13-25-50/h27-34,36,59H,2-26,45-51H2,1H3,(H,52,63)(H,53,62)(H,54,65)(H,55,64)(H,56,67)(H,57,66)(H,58,68)(H,60,61)(H,69,70)/t27-,28+,29+,30+,31+,32+,33+,34+,36+/m1/s1. The Bertz CT molecular complexity index is 1600. The molecule has 0 aromatic carbocycles. The number of unbranched alkanes of at least 4 members (excludes halogenated alkanes) is 6. The Kier molecular flexibility index (Phi) is 35.8. The second-order valence-electron chi connectivity index (χ2n) is 17.3. The van der Waals surface area contributed by atoms with Crippen molar-refractivity contribution in [1.82, 2.24) is 37.2 Å². The predicted octanol–water partition coefficient (Wildman–Crippen LogP) is -4.58. The molecular formula is C44H86N14O12. The van der Waals surface area contributed by atoms with Crippen LogP contribution in [0.4, 0.5) is 0 Å². The van der Waals surface area contributed by atoms with Gasteiger partial charge in [-0.1, -0.05) is 0 Å². The van der Waals surface area contributed by atoms with Gasteiger partial charge in [-0.15, -0.1) is 0 Å². The highest BCUT2D eigenvalue weighted by Crippen LogP contribution is 2.12. The van der Waals surface area contributed by atoms with Crippen LogP contribution in [0.3, 0.4) is 0 Å². The van der Waals surface area contributed by atoms with Gasteiger partial charge in [0.25, 0.3) is 0 Å². The summed E-state index contributed by atoms with van der Waals surface area (Å²) in [6.45, 7) is 2.88. The van der Waals surface area contributed by atoms with Crippen LogP contribution in [0.5, 0.6) is 0 Å². The molecule has 0 aromatic rings. The summed E-state index contributed by atoms with van der Waals surface area (Å²) in [6, 6.07) is -10.8. The fourth-order valence-electron chi connectivity index (χ4n) is 7.06. The van der Waals surface area contributed by atoms with Crippen LogP contribution in [0.25, 0.3) is 0 Å². The van der Waals surface area contributed by atoms with Crippen molar-refractivity contribution in [3.05, 3.63) is 0 Å². The number of nitrogens with two attached hydrogens (primary N) is 7. The molecule has 0 radical (unpaired) electrons. The third-order valence-corrected chi connectivity index (χ3v) is 11.3. The molecule has 404 valence electrons. The highest BCUT2D eigenvalue weighted by Gasteiger charge is 2.35. The normalized spacial score (nSPS) is 15.0. The molecule has 0 aliphatic heterocycles. The molecule has 0 heterocycles. The van der Waals surface area contributed by atoms with Gasteiger partial charge in [0.1, 0.15) is 48.3 Å². The lowest BCUT2D eigenvalue weighted by molar-refractivity contribution is -0.142. The highest BCUT2D eigenvalue weighted by molar-refractivity contribution is 5.98. The molecule has 26 nitrogen and oxygen atoms in total. The number of carbonyl (C=O) groups excluding carboxylic acids is 7. The number of nitrogens with one attached hydrogen (secondary N) is 7. The zero-order chi connectivity index (χ0) is 53.0. The largest absolute Gasteiger partial charge is 0.481 e. The summed E-state index contributed by atoms with van der Waals surface area (Å²) in [5.74, 6) is -8.70. The molecular weight excluding hydrogens is 917 g/mol. The minimum atomic E-state index is -1.71. The van der Waals surface area contributed by atoms with E-state index in [1.807, 2.05) is 0 Å². The topological polar surface area (TPSA) is 481 Å². The molecule has 0 unspecified atom stereocenters. The Hall–Kier alpha value is -5.09. The summed E-state index contributed by atoms with van der Waals surface area (Å²) in [6.07, 6.45) is 3.17. The minimum absolute atomic E-state index is 0.0188. The smallest absolute Gasteiger partial charge is 0.326 e. The maximum atomic E-state index is 14.2. The minimum Gasteiger partial charge on any atom is -0.481 e. The third-order valence-electron chi connectivity index (χ3n) is 11.3. The number of aliphatic hydroxyl groups is 1. The summed E-state index contributed by atoms with van der Waals surface area (Å²) in [7, 11) is 0. The lowest BCUT2D eigenvalue weighted by Crippen LogP contribution is -2.60. The lowest BCUT2D eigenvalue weighted by atomic mass is 10.0. The van der Waals surface area contributed by atoms with E-state index in [2.05, 4.69) is 37.2 Å². The number of hydrogen-bond acceptors (Lipinski definition) is 17. The van der Waals surface area contributed by atoms with Gasteiger partial charge < -0.3 is 92.7 Å². The number of carbonyl (C=O) groups is 9. The van der Waals surface area contributed by atoms with Gasteiger partial charge in [0, 0.05) is 0 Å². The zero-order valence-electron chi connectivity index (χ0n) is 40.9. The molecule has 70 heavy (non-hydrogen) atoms. The second-order valence-corrected chi connectivity index (χ2v) is 17.3. The highest BCUT2D eigenvalue weighted by atomic mass is 16.4. The van der Waals surface area contributed by atoms with Crippen molar-refractivity contribution in [2.45, 2.75) is 183 Å². The van der Waals surface area contributed by atoms with E-state index in [9.17, 15) is 58.5 Å². The van der Waals surface area contributed by atoms with Gasteiger partial charge in [-0.2, -0.15) is 0 Å². The van der Waals surface area contributed by atoms with E-state index in [0.29, 0.717) is 90.1 Å². The first-order valence-electron chi connectivity index (χ1n) is 24.5. The lowest BCUT2D eigenvalue weighted by Gasteiger charge is -2.28. The summed E-state index contributed by atoms with van der Waals surface area (Å²) >= 11 is 0. The molecule has 0 saturated heterocycles. The van der Waals surface area contributed by atoms with Gasteiger partial charge in [0.2, 0.25) is 41.4 Å². The van der Waals surface area contributed by atoms with Gasteiger partial charge in [0.15, 0.2) is 0 Å². The van der Waals surface area contributed by atoms with Crippen LogP contribution >= 0.6 is 0 Å². The number of aliphatic hydroxyl groups excluding tert-OH is 1. The first-order chi connectivity index (χ1) is 33.3. The van der Waals surface area contributed by atoms with Crippen molar-refractivity contribution in [3.63, 3.8) is 0 Å². The van der Waals surface area contributed by atoms with E-state index in [1.54, 1.807) is 0 Å². The van der Waals surface area contributed by atoms with Crippen LogP contribution < -0.4 is 77.4 Å². The van der Waals surface area contributed by atoms with E-state index < -0.39 is 114 Å². The Morgan fingerprint density at radius 1 is 0.357 bits per heavy atom. The molecule has 0 rings (SSSR count). The van der Waals surface area contributed by atoms with Crippen molar-refractivity contribution in [1.29, 1.82) is 0 Å². The number of amides is 7. The fraction of sp³-hybridized carbons (Fsp3) is 0.795. The molecule has 0 aliphatic rings. The van der Waals surface area contributed by atoms with Crippen LogP contribution in [0.2, 0.25) is 0 Å². The number of hydrogen-bond donors (Lipinski definition) is 17. The Morgan fingerprint density at radius 2 is 0.571 bits per heavy atom. The molecule has 0 bridgehead atoms. The number of aliphatic carboxylic acids is 2. The van der Waals surface area contributed by atoms with Crippen molar-refractivity contribution in [2.75, 3.05) is 39.3 Å². The zero-order valence-corrected chi connectivity index (χ0v) is 40.9. The second kappa shape index (κ2) is 38.6. The maximum absolute atomic E-state index is 14.2. The van der Waals surface area contributed by atoms with Gasteiger partial charge >= 0.3 is 11.9 Å². The van der Waals surface area contributed by atoms with Crippen molar-refractivity contribution in [2.24, 2.45) is 40.1 Å². The molecule has 0 aromatic heterocycles. The van der Waals surface area contributed by atoms with E-state index in [4.69, 9.17) is 40.1 Å². The van der Waals surface area contributed by atoms with E-state index in [1.165, 1.54) is 6.92 Å². The molecule has 7 amide bonds. The van der Waals surface area contributed by atoms with Crippen molar-refractivity contribution in [3.8, 4) is 0 Å². The Balaban J connectivity index is 6.75. The first-order valence-corrected chi connectivity index (χ1v) is 24.5. The molecule has 0 fully saturated rings. The Morgan fingerprint density at radius 3 is 0.786 bits per heavy atom. The summed E-state index contributed by atoms with van der Waals surface area (Å²) in [4.78, 5) is 120. The van der Waals surface area contributed by atoms with Gasteiger partial charge in [-0.05, 0) is 162 Å². The third kappa shape index (κ3) is 27.9. The van der Waals surface area contributed by atoms with E-state index in [0.717, 1.165) is 0 Å². The van der Waals surface area contributed by atoms with Crippen LogP contribution in [-0.2, 0) is 43.2 Å². The average molecular weight is 1000 g/mol. The van der Waals surface area contributed by atoms with Gasteiger partial charge in [0.05, 0.1) is 12.5 Å². The van der Waals surface area contributed by atoms with Crippen molar-refractivity contribution >= 4 is 53.3 Å². The molecule has 24 N–H and O–H groups in total. The SMILES string of the molecule is C[C@@H](O)[C@H](N)C(=O)N[C@@H](CC(=O)O)C(=O)N[C@@H](CCCCN)C(=O)N[C@@H](CCCCN)C(=O)N[C@@H](CCCCN)C(=O)N[C@@H](CCCCN)C(=O)N[C@@H](CCCCN)C(=O)N[C@@H](CCCCN)C(=O)O. The number of carboxylic acids is 2. The number of carboxylic acid groups (broad SMARTS) is 2. The quantitative estimate of drug-likeness (QED) is 0.0256. The van der Waals surface area contributed by atoms with E-state index in [-0.39, 0.29) is 64.7 Å². The molecule has 26 heteroatoms. The van der Waals surface area contributed by atoms with E-state index >= 15 is 0 Å². The summed E-state index contributed by atoms with van der Waals surface area (Å²) < 4.78 is 0. The first kappa shape index (κ1) is 64.9.